The van der Waals surface area contributed by atoms with Gasteiger partial charge in [-0.3, -0.25) is 4.99 Å². The van der Waals surface area contributed by atoms with Crippen molar-refractivity contribution >= 4 is 5.96 Å². The number of guanidine groups is 1. The monoisotopic (exact) mass is 401 g/mol. The fraction of sp³-hybridized carbons (Fsp3) is 0.435. The highest BCUT2D eigenvalue weighted by molar-refractivity contribution is 5.79. The summed E-state index contributed by atoms with van der Waals surface area (Å²) in [5, 5.41) is 6.61. The van der Waals surface area contributed by atoms with E-state index in [9.17, 15) is 8.78 Å². The number of nitrogens with zero attached hydrogens (tertiary/aromatic N) is 1. The van der Waals surface area contributed by atoms with E-state index in [1.54, 1.807) is 24.3 Å². The van der Waals surface area contributed by atoms with Crippen molar-refractivity contribution in [2.45, 2.75) is 31.6 Å². The third kappa shape index (κ3) is 6.00. The summed E-state index contributed by atoms with van der Waals surface area (Å²) in [4.78, 5) is 4.82. The van der Waals surface area contributed by atoms with Crippen molar-refractivity contribution in [2.75, 3.05) is 32.8 Å². The van der Waals surface area contributed by atoms with Crippen molar-refractivity contribution in [2.24, 2.45) is 4.99 Å². The van der Waals surface area contributed by atoms with Crippen LogP contribution in [0, 0.1) is 11.6 Å². The number of halogens is 2. The Labute approximate surface area is 171 Å². The van der Waals surface area contributed by atoms with Gasteiger partial charge in [-0.15, -0.1) is 0 Å². The van der Waals surface area contributed by atoms with Crippen LogP contribution >= 0.6 is 0 Å². The van der Waals surface area contributed by atoms with Gasteiger partial charge in [0, 0.05) is 31.7 Å². The molecule has 6 heteroatoms. The summed E-state index contributed by atoms with van der Waals surface area (Å²) in [5.74, 6) is 0.286. The molecule has 4 nitrogen and oxygen atoms in total. The first kappa shape index (κ1) is 21.2. The van der Waals surface area contributed by atoms with Crippen molar-refractivity contribution in [3.8, 4) is 0 Å². The maximum Gasteiger partial charge on any atom is 0.191 e. The van der Waals surface area contributed by atoms with Crippen LogP contribution in [-0.2, 0) is 16.6 Å². The van der Waals surface area contributed by atoms with E-state index in [0.717, 1.165) is 42.9 Å². The van der Waals surface area contributed by atoms with Gasteiger partial charge >= 0.3 is 0 Å². The van der Waals surface area contributed by atoms with Gasteiger partial charge in [-0.2, -0.15) is 0 Å². The van der Waals surface area contributed by atoms with Crippen LogP contribution in [-0.4, -0.2) is 38.8 Å². The first-order chi connectivity index (χ1) is 14.1. The number of hydrogen-bond donors (Lipinski definition) is 2. The zero-order valence-electron chi connectivity index (χ0n) is 16.9. The summed E-state index contributed by atoms with van der Waals surface area (Å²) in [6.07, 6.45) is 2.40. The van der Waals surface area contributed by atoms with E-state index in [1.807, 2.05) is 13.0 Å². The molecule has 2 aromatic rings. The molecule has 1 heterocycles. The zero-order chi connectivity index (χ0) is 20.5. The molecule has 0 atom stereocenters. The molecule has 2 aromatic carbocycles. The number of ether oxygens (including phenoxy) is 1. The van der Waals surface area contributed by atoms with Crippen LogP contribution in [0.25, 0.3) is 0 Å². The lowest BCUT2D eigenvalue weighted by molar-refractivity contribution is 0.0530. The second kappa shape index (κ2) is 10.3. The quantitative estimate of drug-likeness (QED) is 0.548. The molecular formula is C23H29F2N3O. The van der Waals surface area contributed by atoms with Crippen molar-refractivity contribution < 1.29 is 13.5 Å². The van der Waals surface area contributed by atoms with Crippen LogP contribution in [0.2, 0.25) is 0 Å². The lowest BCUT2D eigenvalue weighted by Gasteiger charge is -2.36. The van der Waals surface area contributed by atoms with E-state index in [1.165, 1.54) is 18.2 Å². The smallest absolute Gasteiger partial charge is 0.191 e. The molecule has 0 aromatic heterocycles. The maximum absolute atomic E-state index is 13.8. The molecule has 0 unspecified atom stereocenters. The minimum Gasteiger partial charge on any atom is -0.381 e. The molecule has 0 saturated carbocycles. The standard InChI is InChI=1S/C23H29F2N3O/c1-2-26-22(27-13-10-18-6-8-20(24)9-7-18)28-17-23(11-14-29-15-12-23)19-4-3-5-21(25)16-19/h3-9,16H,2,10-15,17H2,1H3,(H2,26,27,28). The van der Waals surface area contributed by atoms with Gasteiger partial charge < -0.3 is 15.4 Å². The van der Waals surface area contributed by atoms with E-state index in [0.29, 0.717) is 26.3 Å². The number of benzene rings is 2. The first-order valence-electron chi connectivity index (χ1n) is 10.2. The van der Waals surface area contributed by atoms with E-state index >= 15 is 0 Å². The van der Waals surface area contributed by atoms with Crippen LogP contribution in [0.15, 0.2) is 53.5 Å². The molecule has 1 saturated heterocycles. The highest BCUT2D eigenvalue weighted by atomic mass is 19.1. The molecule has 0 aliphatic carbocycles. The Bertz CT molecular complexity index is 802. The SMILES string of the molecule is CCNC(=NCC1(c2cccc(F)c2)CCOCC1)NCCc1ccc(F)cc1. The lowest BCUT2D eigenvalue weighted by atomic mass is 9.74. The molecule has 0 bridgehead atoms. The fourth-order valence-corrected chi connectivity index (χ4v) is 3.67. The second-order valence-corrected chi connectivity index (χ2v) is 7.40. The molecule has 3 rings (SSSR count). The van der Waals surface area contributed by atoms with E-state index in [-0.39, 0.29) is 17.0 Å². The summed E-state index contributed by atoms with van der Waals surface area (Å²) >= 11 is 0. The Morgan fingerprint density at radius 1 is 1.03 bits per heavy atom. The molecule has 0 radical (unpaired) electrons. The van der Waals surface area contributed by atoms with Crippen molar-refractivity contribution in [1.82, 2.24) is 10.6 Å². The van der Waals surface area contributed by atoms with E-state index in [4.69, 9.17) is 9.73 Å². The van der Waals surface area contributed by atoms with Gasteiger partial charge in [0.05, 0.1) is 6.54 Å². The summed E-state index contributed by atoms with van der Waals surface area (Å²) in [7, 11) is 0. The number of rotatable bonds is 7. The Morgan fingerprint density at radius 2 is 1.79 bits per heavy atom. The molecule has 0 amide bonds. The normalized spacial score (nSPS) is 16.4. The van der Waals surface area contributed by atoms with Gasteiger partial charge in [-0.05, 0) is 61.6 Å². The van der Waals surface area contributed by atoms with Crippen LogP contribution in [0.4, 0.5) is 8.78 Å². The van der Waals surface area contributed by atoms with Crippen molar-refractivity contribution in [1.29, 1.82) is 0 Å². The Hall–Kier alpha value is -2.47. The molecule has 156 valence electrons. The lowest BCUT2D eigenvalue weighted by Crippen LogP contribution is -2.41. The van der Waals surface area contributed by atoms with Gasteiger partial charge in [0.25, 0.3) is 0 Å². The van der Waals surface area contributed by atoms with E-state index < -0.39 is 0 Å². The van der Waals surface area contributed by atoms with Gasteiger partial charge in [0.15, 0.2) is 5.96 Å². The average molecular weight is 402 g/mol. The van der Waals surface area contributed by atoms with Gasteiger partial charge in [0.1, 0.15) is 11.6 Å². The molecule has 1 fully saturated rings. The Balaban J connectivity index is 1.68. The predicted molar refractivity (Wildman–Crippen MR) is 112 cm³/mol. The summed E-state index contributed by atoms with van der Waals surface area (Å²) in [6.45, 7) is 5.33. The highest BCUT2D eigenvalue weighted by Crippen LogP contribution is 2.35. The van der Waals surface area contributed by atoms with Crippen LogP contribution in [0.1, 0.15) is 30.9 Å². The number of nitrogens with one attached hydrogen (secondary N) is 2. The maximum atomic E-state index is 13.8. The molecular weight excluding hydrogens is 372 g/mol. The van der Waals surface area contributed by atoms with E-state index in [2.05, 4.69) is 10.6 Å². The molecule has 1 aliphatic heterocycles. The minimum absolute atomic E-state index is 0.221. The summed E-state index contributed by atoms with van der Waals surface area (Å²) < 4.78 is 32.4. The van der Waals surface area contributed by atoms with Crippen molar-refractivity contribution in [3.05, 3.63) is 71.3 Å². The topological polar surface area (TPSA) is 45.7 Å². The third-order valence-electron chi connectivity index (χ3n) is 5.39. The molecule has 29 heavy (non-hydrogen) atoms. The summed E-state index contributed by atoms with van der Waals surface area (Å²) in [5.41, 5.74) is 1.82. The largest absolute Gasteiger partial charge is 0.381 e. The van der Waals surface area contributed by atoms with Crippen LogP contribution < -0.4 is 10.6 Å². The number of aliphatic imine (C=N–C) groups is 1. The van der Waals surface area contributed by atoms with Gasteiger partial charge in [-0.1, -0.05) is 24.3 Å². The first-order valence-corrected chi connectivity index (χ1v) is 10.2. The minimum atomic E-state index is -0.226. The molecule has 2 N–H and O–H groups in total. The predicted octanol–water partition coefficient (Wildman–Crippen LogP) is 3.81. The van der Waals surface area contributed by atoms with Gasteiger partial charge in [-0.25, -0.2) is 8.78 Å². The van der Waals surface area contributed by atoms with Crippen LogP contribution in [0.3, 0.4) is 0 Å². The Morgan fingerprint density at radius 3 is 2.48 bits per heavy atom. The highest BCUT2D eigenvalue weighted by Gasteiger charge is 2.34. The molecule has 1 aliphatic rings. The summed E-state index contributed by atoms with van der Waals surface area (Å²) in [6, 6.07) is 13.4. The van der Waals surface area contributed by atoms with Gasteiger partial charge in [0.2, 0.25) is 0 Å². The second-order valence-electron chi connectivity index (χ2n) is 7.40. The number of hydrogen-bond acceptors (Lipinski definition) is 2. The molecule has 0 spiro atoms. The van der Waals surface area contributed by atoms with Crippen molar-refractivity contribution in [3.63, 3.8) is 0 Å². The van der Waals surface area contributed by atoms with Crippen LogP contribution in [0.5, 0.6) is 0 Å². The zero-order valence-corrected chi connectivity index (χ0v) is 16.9. The fourth-order valence-electron chi connectivity index (χ4n) is 3.67. The Kier molecular flexibility index (Phi) is 7.58. The average Bonchev–Trinajstić information content (AvgIpc) is 2.74. The third-order valence-corrected chi connectivity index (χ3v) is 5.39.